The van der Waals surface area contributed by atoms with Crippen LogP contribution in [0.5, 0.6) is 0 Å². The lowest BCUT2D eigenvalue weighted by Gasteiger charge is -2.04. The molecule has 1 aromatic carbocycles. The van der Waals surface area contributed by atoms with Crippen LogP contribution in [0.3, 0.4) is 0 Å². The van der Waals surface area contributed by atoms with Gasteiger partial charge in [-0.1, -0.05) is 42.7 Å². The molecule has 0 atom stereocenters. The van der Waals surface area contributed by atoms with E-state index in [1.54, 1.807) is 12.1 Å². The highest BCUT2D eigenvalue weighted by Crippen LogP contribution is 2.19. The summed E-state index contributed by atoms with van der Waals surface area (Å²) in [6.45, 7) is 4.91. The predicted octanol–water partition coefficient (Wildman–Crippen LogP) is 2.99. The molecule has 0 aliphatic heterocycles. The molecule has 4 nitrogen and oxygen atoms in total. The topological polar surface area (TPSA) is 51.0 Å². The molecule has 0 aliphatic rings. The van der Waals surface area contributed by atoms with Gasteiger partial charge in [-0.25, -0.2) is 4.39 Å². The maximum absolute atomic E-state index is 13.8. The minimum Gasteiger partial charge on any atom is -0.339 e. The minimum atomic E-state index is -0.429. The second kappa shape index (κ2) is 6.81. The van der Waals surface area contributed by atoms with Crippen molar-refractivity contribution in [3.63, 3.8) is 0 Å². The van der Waals surface area contributed by atoms with E-state index < -0.39 is 5.82 Å². The van der Waals surface area contributed by atoms with Crippen molar-refractivity contribution in [2.45, 2.75) is 32.7 Å². The summed E-state index contributed by atoms with van der Waals surface area (Å²) in [5, 5.41) is 7.22. The molecule has 0 saturated heterocycles. The molecule has 108 valence electrons. The molecule has 0 aliphatic carbocycles. The van der Waals surface area contributed by atoms with Crippen molar-refractivity contribution in [1.29, 1.82) is 0 Å². The highest BCUT2D eigenvalue weighted by atomic mass is 35.5. The average Bonchev–Trinajstić information content (AvgIpc) is 2.82. The summed E-state index contributed by atoms with van der Waals surface area (Å²) in [6, 6.07) is 5.30. The van der Waals surface area contributed by atoms with Crippen molar-refractivity contribution in [3.8, 4) is 0 Å². The van der Waals surface area contributed by atoms with Crippen LogP contribution in [0.4, 0.5) is 4.39 Å². The number of hydrogen-bond acceptors (Lipinski definition) is 4. The van der Waals surface area contributed by atoms with Gasteiger partial charge in [0, 0.05) is 25.4 Å². The van der Waals surface area contributed by atoms with Crippen LogP contribution >= 0.6 is 11.6 Å². The van der Waals surface area contributed by atoms with Gasteiger partial charge in [-0.2, -0.15) is 4.98 Å². The zero-order chi connectivity index (χ0) is 14.5. The van der Waals surface area contributed by atoms with Crippen molar-refractivity contribution in [1.82, 2.24) is 15.5 Å². The zero-order valence-electron chi connectivity index (χ0n) is 11.5. The zero-order valence-corrected chi connectivity index (χ0v) is 12.2. The van der Waals surface area contributed by atoms with Crippen LogP contribution in [0.2, 0.25) is 5.02 Å². The third kappa shape index (κ3) is 4.02. The molecular weight excluding hydrogens is 281 g/mol. The number of halogens is 2. The first kappa shape index (κ1) is 14.9. The summed E-state index contributed by atoms with van der Waals surface area (Å²) in [5.74, 6) is 0.586. The molecule has 20 heavy (non-hydrogen) atoms. The van der Waals surface area contributed by atoms with E-state index in [1.165, 1.54) is 6.07 Å². The molecule has 0 radical (unpaired) electrons. The monoisotopic (exact) mass is 297 g/mol. The van der Waals surface area contributed by atoms with Crippen LogP contribution < -0.4 is 5.32 Å². The molecule has 0 saturated carbocycles. The molecule has 0 spiro atoms. The van der Waals surface area contributed by atoms with Crippen molar-refractivity contribution < 1.29 is 8.91 Å². The first-order valence-corrected chi connectivity index (χ1v) is 6.92. The lowest BCUT2D eigenvalue weighted by atomic mass is 10.1. The molecule has 0 unspecified atom stereocenters. The Kier molecular flexibility index (Phi) is 5.09. The second-order valence-corrected chi connectivity index (χ2v) is 5.26. The third-order valence-corrected chi connectivity index (χ3v) is 3.07. The van der Waals surface area contributed by atoms with E-state index >= 15 is 0 Å². The molecule has 2 aromatic rings. The van der Waals surface area contributed by atoms with E-state index in [9.17, 15) is 4.39 Å². The fourth-order valence-electron chi connectivity index (χ4n) is 1.79. The first-order chi connectivity index (χ1) is 9.56. The Hall–Kier alpha value is -1.46. The molecule has 0 amide bonds. The van der Waals surface area contributed by atoms with Gasteiger partial charge < -0.3 is 9.84 Å². The molecule has 0 bridgehead atoms. The predicted molar refractivity (Wildman–Crippen MR) is 75.4 cm³/mol. The summed E-state index contributed by atoms with van der Waals surface area (Å²) in [5.41, 5.74) is 0.463. The number of rotatable bonds is 6. The molecule has 6 heteroatoms. The van der Waals surface area contributed by atoms with E-state index in [0.29, 0.717) is 29.7 Å². The van der Waals surface area contributed by atoms with E-state index in [-0.39, 0.29) is 11.4 Å². The summed E-state index contributed by atoms with van der Waals surface area (Å²) < 4.78 is 18.9. The SMILES string of the molecule is CC(C)NCCc1nc(Cc2cccc(Cl)c2F)no1. The van der Waals surface area contributed by atoms with Crippen molar-refractivity contribution in [2.75, 3.05) is 6.54 Å². The van der Waals surface area contributed by atoms with Crippen molar-refractivity contribution in [3.05, 3.63) is 46.3 Å². The summed E-state index contributed by atoms with van der Waals surface area (Å²) >= 11 is 5.74. The summed E-state index contributed by atoms with van der Waals surface area (Å²) in [6.07, 6.45) is 0.927. The number of hydrogen-bond donors (Lipinski definition) is 1. The lowest BCUT2D eigenvalue weighted by molar-refractivity contribution is 0.369. The molecular formula is C14H17ClFN3O. The van der Waals surface area contributed by atoms with Crippen LogP contribution in [-0.4, -0.2) is 22.7 Å². The Bertz CT molecular complexity index is 571. The number of nitrogens with zero attached hydrogens (tertiary/aromatic N) is 2. The van der Waals surface area contributed by atoms with E-state index in [0.717, 1.165) is 6.54 Å². The Labute approximate surface area is 122 Å². The van der Waals surface area contributed by atoms with Gasteiger partial charge in [0.25, 0.3) is 0 Å². The third-order valence-electron chi connectivity index (χ3n) is 2.78. The van der Waals surface area contributed by atoms with Gasteiger partial charge in [0.15, 0.2) is 5.82 Å². The number of nitrogens with one attached hydrogen (secondary N) is 1. The lowest BCUT2D eigenvalue weighted by Crippen LogP contribution is -2.25. The molecule has 1 heterocycles. The maximum Gasteiger partial charge on any atom is 0.227 e. The number of aromatic nitrogens is 2. The van der Waals surface area contributed by atoms with Gasteiger partial charge in [-0.05, 0) is 11.6 Å². The second-order valence-electron chi connectivity index (χ2n) is 4.85. The first-order valence-electron chi connectivity index (χ1n) is 6.54. The molecule has 1 N–H and O–H groups in total. The Morgan fingerprint density at radius 2 is 2.20 bits per heavy atom. The van der Waals surface area contributed by atoms with E-state index in [1.807, 2.05) is 0 Å². The van der Waals surface area contributed by atoms with Gasteiger partial charge in [0.1, 0.15) is 5.82 Å². The standard InChI is InChI=1S/C14H17ClFN3O/c1-9(2)17-7-6-13-18-12(19-20-13)8-10-4-3-5-11(15)14(10)16/h3-5,9,17H,6-8H2,1-2H3. The summed E-state index contributed by atoms with van der Waals surface area (Å²) in [7, 11) is 0. The fourth-order valence-corrected chi connectivity index (χ4v) is 1.98. The molecule has 0 fully saturated rings. The van der Waals surface area contributed by atoms with Gasteiger partial charge >= 0.3 is 0 Å². The highest BCUT2D eigenvalue weighted by molar-refractivity contribution is 6.30. The Balaban J connectivity index is 1.97. The van der Waals surface area contributed by atoms with Crippen LogP contribution in [0, 0.1) is 5.82 Å². The Morgan fingerprint density at radius 1 is 1.40 bits per heavy atom. The molecule has 1 aromatic heterocycles. The van der Waals surface area contributed by atoms with Crippen molar-refractivity contribution in [2.24, 2.45) is 0 Å². The van der Waals surface area contributed by atoms with Crippen LogP contribution in [0.1, 0.15) is 31.1 Å². The van der Waals surface area contributed by atoms with E-state index in [2.05, 4.69) is 29.3 Å². The fraction of sp³-hybridized carbons (Fsp3) is 0.429. The highest BCUT2D eigenvalue weighted by Gasteiger charge is 2.11. The molecule has 2 rings (SSSR count). The van der Waals surface area contributed by atoms with Gasteiger partial charge in [0.05, 0.1) is 5.02 Å². The van der Waals surface area contributed by atoms with Gasteiger partial charge in [0.2, 0.25) is 5.89 Å². The van der Waals surface area contributed by atoms with Gasteiger partial charge in [-0.15, -0.1) is 0 Å². The van der Waals surface area contributed by atoms with Crippen molar-refractivity contribution >= 4 is 11.6 Å². The summed E-state index contributed by atoms with van der Waals surface area (Å²) in [4.78, 5) is 4.25. The normalized spacial score (nSPS) is 11.2. The average molecular weight is 298 g/mol. The van der Waals surface area contributed by atoms with Crippen LogP contribution in [0.25, 0.3) is 0 Å². The smallest absolute Gasteiger partial charge is 0.227 e. The maximum atomic E-state index is 13.8. The van der Waals surface area contributed by atoms with Gasteiger partial charge in [-0.3, -0.25) is 0 Å². The van der Waals surface area contributed by atoms with E-state index in [4.69, 9.17) is 16.1 Å². The largest absolute Gasteiger partial charge is 0.339 e. The minimum absolute atomic E-state index is 0.104. The number of benzene rings is 1. The van der Waals surface area contributed by atoms with Crippen LogP contribution in [0.15, 0.2) is 22.7 Å². The Morgan fingerprint density at radius 3 is 2.95 bits per heavy atom. The quantitative estimate of drug-likeness (QED) is 0.890. The van der Waals surface area contributed by atoms with Crippen LogP contribution in [-0.2, 0) is 12.8 Å².